The van der Waals surface area contributed by atoms with Crippen LogP contribution in [0.5, 0.6) is 23.0 Å². The molecule has 54 heteroatoms. The molecule has 0 aromatic heterocycles. The van der Waals surface area contributed by atoms with Crippen molar-refractivity contribution >= 4 is 76.3 Å². The maximum absolute atomic E-state index is 10.5. The summed E-state index contributed by atoms with van der Waals surface area (Å²) < 4.78 is 126. The third-order valence-corrected chi connectivity index (χ3v) is 9.60. The average molecular weight is 1640 g/mol. The van der Waals surface area contributed by atoms with Crippen molar-refractivity contribution in [2.45, 2.75) is 19.6 Å². The SMILES string of the molecule is O.O.O.O.O.O.O.O.O=C(O)c1ccc(S(=O)(=O)[O-])c(O)c1.O=C(O)c1ccc(S(=O)(=O)[O-])c(O)c1.O=C(O)c1ccc(S(=O)(=O)[O-])c(O)c1.O=C(O)c1ccc(S(=O)(=O)[O-])c(O)c1.O=C([O-])C(=O)[O-].[Gd+3].[Gd+3].[OH3+].[OH3+].[OH3+].[OH3+].[OH3+].[OH3+].[OH3+].[OH3+].[OH3+].[OH3+].[OH3+].[OH3+]. The first-order chi connectivity index (χ1) is 27.9. The molecule has 4 rings (SSSR count). The van der Waals surface area contributed by atoms with Gasteiger partial charge in [0.15, 0.2) is 0 Å². The number of benzene rings is 4. The number of rotatable bonds is 8. The van der Waals surface area contributed by atoms with E-state index in [1.165, 1.54) is 0 Å². The minimum absolute atomic E-state index is 0. The van der Waals surface area contributed by atoms with Gasteiger partial charge in [-0.3, -0.25) is 0 Å². The van der Waals surface area contributed by atoms with Gasteiger partial charge in [0.2, 0.25) is 0 Å². The van der Waals surface area contributed by atoms with Crippen LogP contribution in [0.15, 0.2) is 92.4 Å². The Kier molecular flexibility index (Phi) is 116. The minimum Gasteiger partial charge on any atom is -0.744 e. The molecule has 0 bridgehead atoms. The fraction of sp³-hybridized carbons (Fsp3) is 0. The summed E-state index contributed by atoms with van der Waals surface area (Å²) in [4.78, 5) is 56.0. The molecule has 60 N–H and O–H groups in total. The number of phenols is 4. The number of aliphatic carboxylic acids is 2. The molecule has 0 aliphatic carbocycles. The van der Waals surface area contributed by atoms with Crippen LogP contribution >= 0.6 is 0 Å². The Morgan fingerprint density at radius 1 is 0.286 bits per heavy atom. The van der Waals surface area contributed by atoms with Crippen molar-refractivity contribution < 1.29 is 321 Å². The van der Waals surface area contributed by atoms with E-state index in [1.54, 1.807) is 0 Å². The fourth-order valence-corrected chi connectivity index (χ4v) is 5.65. The number of aromatic carboxylic acids is 4. The van der Waals surface area contributed by atoms with Crippen LogP contribution in [0.25, 0.3) is 0 Å². The Bertz CT molecular complexity index is 2500. The molecule has 0 saturated heterocycles. The first kappa shape index (κ1) is 153. The zero-order valence-electron chi connectivity index (χ0n) is 40.9. The molecule has 2 radical (unpaired) electrons. The molecule has 0 atom stereocenters. The van der Waals surface area contributed by atoms with E-state index in [0.717, 1.165) is 48.5 Å². The standard InChI is InChI=1S/4C7H6O6S.C2H2O4.2Gd.20H2O/c4*8-5-3-4(7(9)10)1-2-6(5)14(11,12)13;3-1(4)2(5)6;;;;;;;;;;;;;;;;;;;;;;/h4*1-3,8H,(H,9,10)(H,11,12,13);(H,3,4)(H,5,6);;;20*1H2/q;;;;;2*+3;;;;;;;;;;;;;;;;;;;;/p+6. The monoisotopic (exact) mass is 1640 g/mol. The van der Waals surface area contributed by atoms with Crippen LogP contribution < -0.4 is 10.2 Å². The first-order valence-electron chi connectivity index (χ1n) is 14.4. The third kappa shape index (κ3) is 53.1. The summed E-state index contributed by atoms with van der Waals surface area (Å²) in [6.45, 7) is 0. The van der Waals surface area contributed by atoms with Crippen molar-refractivity contribution in [2.75, 3.05) is 0 Å². The molecule has 508 valence electrons. The maximum atomic E-state index is 10.5. The molecule has 0 aliphatic heterocycles. The zero-order chi connectivity index (χ0) is 48.9. The van der Waals surface area contributed by atoms with Gasteiger partial charge in [0.05, 0.1) is 53.8 Å². The molecule has 0 saturated carbocycles. The van der Waals surface area contributed by atoms with E-state index in [9.17, 15) is 71.1 Å². The number of phenolic OH excluding ortho intramolecular Hbond substituents is 4. The van der Waals surface area contributed by atoms with Gasteiger partial charge in [-0.15, -0.1) is 0 Å². The Labute approximate surface area is 530 Å². The van der Waals surface area contributed by atoms with Crippen molar-refractivity contribution in [3.63, 3.8) is 0 Å². The van der Waals surface area contributed by atoms with Crippen molar-refractivity contribution in [1.82, 2.24) is 0 Å². The number of carbonyl (C=O) groups is 6. The molecule has 0 fully saturated rings. The second-order valence-electron chi connectivity index (χ2n) is 10.3. The van der Waals surface area contributed by atoms with E-state index in [4.69, 9.17) is 60.7 Å². The summed E-state index contributed by atoms with van der Waals surface area (Å²) in [5.74, 6) is -13.1. The Hall–Kier alpha value is -5.61. The number of hydrogen-bond acceptors (Lipinski definition) is 24. The van der Waals surface area contributed by atoms with E-state index < -0.39 is 119 Å². The van der Waals surface area contributed by atoms with Gasteiger partial charge in [-0.1, -0.05) is 0 Å². The van der Waals surface area contributed by atoms with E-state index in [2.05, 4.69) is 0 Å². The van der Waals surface area contributed by atoms with E-state index in [0.29, 0.717) is 24.3 Å². The van der Waals surface area contributed by atoms with Crippen LogP contribution in [0.3, 0.4) is 0 Å². The largest absolute Gasteiger partial charge is 3.00 e. The van der Waals surface area contributed by atoms with Gasteiger partial charge in [0.1, 0.15) is 63.5 Å². The Morgan fingerprint density at radius 3 is 0.452 bits per heavy atom. The second kappa shape index (κ2) is 63.4. The molecular weight excluding hydrogens is 1570 g/mol. The van der Waals surface area contributed by atoms with Crippen molar-refractivity contribution in [3.05, 3.63) is 95.1 Å². The molecule has 0 heterocycles. The molecule has 4 aromatic rings. The molecule has 84 heavy (non-hydrogen) atoms. The number of hydrogen-bond donors (Lipinski definition) is 8. The van der Waals surface area contributed by atoms with Crippen molar-refractivity contribution in [3.8, 4) is 23.0 Å². The van der Waals surface area contributed by atoms with Crippen LogP contribution in [0, 0.1) is 79.9 Å². The Morgan fingerprint density at radius 2 is 0.393 bits per heavy atom. The number of aromatic hydroxyl groups is 4. The first-order valence-corrected chi connectivity index (χ1v) is 20.1. The van der Waals surface area contributed by atoms with Crippen molar-refractivity contribution in [1.29, 1.82) is 0 Å². The number of carboxylic acids is 6. The molecule has 0 amide bonds. The predicted molar refractivity (Wildman–Crippen MR) is 269 cm³/mol. The molecule has 0 unspecified atom stereocenters. The smallest absolute Gasteiger partial charge is 0.744 e. The van der Waals surface area contributed by atoms with Gasteiger partial charge in [0.25, 0.3) is 0 Å². The molecular formula is C30H72Gd2O48S4+12. The van der Waals surface area contributed by atoms with Gasteiger partial charge in [0, 0.05) is 0 Å². The van der Waals surface area contributed by atoms with Crippen LogP contribution in [-0.4, -0.2) is 172 Å². The van der Waals surface area contributed by atoms with Gasteiger partial charge in [-0.05, 0) is 72.8 Å². The van der Waals surface area contributed by atoms with Crippen LogP contribution in [0.4, 0.5) is 0 Å². The normalized spacial score (nSPS) is 8.00. The summed E-state index contributed by atoms with van der Waals surface area (Å²) in [5.41, 5.74) is -1.19. The quantitative estimate of drug-likeness (QED) is 0.0461. The van der Waals surface area contributed by atoms with Crippen molar-refractivity contribution in [2.24, 2.45) is 0 Å². The van der Waals surface area contributed by atoms with Gasteiger partial charge in [-0.2, -0.15) is 0 Å². The van der Waals surface area contributed by atoms with Crippen LogP contribution in [0.2, 0.25) is 0 Å². The van der Waals surface area contributed by atoms with Gasteiger partial charge < -0.3 is 188 Å². The molecule has 48 nitrogen and oxygen atoms in total. The molecule has 0 aliphatic rings. The summed E-state index contributed by atoms with van der Waals surface area (Å²) in [5, 5.41) is 87.8. The number of carbonyl (C=O) groups excluding carboxylic acids is 2. The average Bonchev–Trinajstić information content (AvgIpc) is 3.10. The minimum atomic E-state index is -4.77. The Balaban J connectivity index is -0.0000000251. The topological polar surface area (TPSA) is 1190 Å². The maximum Gasteiger partial charge on any atom is 3.00 e. The summed E-state index contributed by atoms with van der Waals surface area (Å²) in [6.07, 6.45) is 0. The predicted octanol–water partition coefficient (Wildman–Crippen LogP) is -21.2. The van der Waals surface area contributed by atoms with E-state index in [1.807, 2.05) is 0 Å². The summed E-state index contributed by atoms with van der Waals surface area (Å²) >= 11 is 0. The fourth-order valence-electron chi connectivity index (χ4n) is 3.45. The third-order valence-electron chi connectivity index (χ3n) is 6.07. The van der Waals surface area contributed by atoms with Crippen LogP contribution in [-0.2, 0) is 116 Å². The van der Waals surface area contributed by atoms with E-state index >= 15 is 0 Å². The number of carboxylic acid groups (broad SMARTS) is 6. The zero-order valence-corrected chi connectivity index (χ0v) is 48.7. The summed E-state index contributed by atoms with van der Waals surface area (Å²) in [7, 11) is -19.1. The van der Waals surface area contributed by atoms with E-state index in [-0.39, 0.29) is 212 Å². The molecule has 0 spiro atoms. The second-order valence-corrected chi connectivity index (χ2v) is 15.7. The van der Waals surface area contributed by atoms with Gasteiger partial charge in [-0.25, -0.2) is 52.8 Å². The van der Waals surface area contributed by atoms with Crippen LogP contribution in [0.1, 0.15) is 41.4 Å². The summed E-state index contributed by atoms with van der Waals surface area (Å²) in [6, 6.07) is 9.50. The van der Waals surface area contributed by atoms with Gasteiger partial charge >= 0.3 is 104 Å². The molecule has 4 aromatic carbocycles.